The van der Waals surface area contributed by atoms with E-state index in [1.807, 2.05) is 66.2 Å². The van der Waals surface area contributed by atoms with Crippen molar-refractivity contribution in [2.24, 2.45) is 0 Å². The van der Waals surface area contributed by atoms with Crippen LogP contribution in [0.2, 0.25) is 0 Å². The van der Waals surface area contributed by atoms with Crippen molar-refractivity contribution in [1.82, 2.24) is 14.5 Å². The first-order valence-electron chi connectivity index (χ1n) is 10.2. The van der Waals surface area contributed by atoms with Gasteiger partial charge in [0.15, 0.2) is 11.7 Å². The second kappa shape index (κ2) is 10.1. The highest BCUT2D eigenvalue weighted by Crippen LogP contribution is 2.32. The van der Waals surface area contributed by atoms with Crippen molar-refractivity contribution in [3.63, 3.8) is 0 Å². The molecule has 0 bridgehead atoms. The molecule has 0 aliphatic carbocycles. The summed E-state index contributed by atoms with van der Waals surface area (Å²) in [5.74, 6) is 1.34. The molecule has 2 heterocycles. The number of nitrogens with zero attached hydrogens (tertiary/aromatic N) is 4. The van der Waals surface area contributed by atoms with E-state index in [0.29, 0.717) is 24.0 Å². The Bertz CT molecular complexity index is 1110. The van der Waals surface area contributed by atoms with E-state index in [2.05, 4.69) is 4.98 Å². The van der Waals surface area contributed by atoms with E-state index in [0.717, 1.165) is 28.9 Å². The summed E-state index contributed by atoms with van der Waals surface area (Å²) >= 11 is 1.48. The third-order valence-corrected chi connectivity index (χ3v) is 5.70. The van der Waals surface area contributed by atoms with Gasteiger partial charge in [0, 0.05) is 25.5 Å². The lowest BCUT2D eigenvalue weighted by atomic mass is 10.3. The van der Waals surface area contributed by atoms with Crippen molar-refractivity contribution >= 4 is 32.6 Å². The van der Waals surface area contributed by atoms with Crippen LogP contribution in [-0.2, 0) is 11.3 Å². The molecule has 4 rings (SSSR count). The number of carbonyl (C=O) groups is 1. The predicted octanol–water partition coefficient (Wildman–Crippen LogP) is 4.39. The van der Waals surface area contributed by atoms with Gasteiger partial charge in [0.2, 0.25) is 0 Å². The molecule has 4 aromatic rings. The van der Waals surface area contributed by atoms with Gasteiger partial charge in [-0.2, -0.15) is 0 Å². The monoisotopic (exact) mass is 436 g/mol. The van der Waals surface area contributed by atoms with Gasteiger partial charge < -0.3 is 14.0 Å². The first-order valence-corrected chi connectivity index (χ1v) is 11.0. The number of benzene rings is 2. The molecule has 7 nitrogen and oxygen atoms in total. The highest BCUT2D eigenvalue weighted by molar-refractivity contribution is 7.22. The molecule has 0 fully saturated rings. The zero-order valence-corrected chi connectivity index (χ0v) is 18.1. The van der Waals surface area contributed by atoms with Crippen molar-refractivity contribution in [2.75, 3.05) is 24.7 Å². The molecule has 0 radical (unpaired) electrons. The van der Waals surface area contributed by atoms with Gasteiger partial charge in [-0.3, -0.25) is 9.69 Å². The van der Waals surface area contributed by atoms with E-state index < -0.39 is 0 Å². The summed E-state index contributed by atoms with van der Waals surface area (Å²) in [6.07, 6.45) is 6.21. The number of thiazole rings is 1. The maximum atomic E-state index is 13.1. The van der Waals surface area contributed by atoms with Gasteiger partial charge in [0.1, 0.15) is 11.5 Å². The smallest absolute Gasteiger partial charge is 0.266 e. The average molecular weight is 437 g/mol. The Morgan fingerprint density at radius 1 is 1.13 bits per heavy atom. The molecule has 0 N–H and O–H groups in total. The zero-order valence-electron chi connectivity index (χ0n) is 17.3. The molecule has 0 aliphatic rings. The maximum absolute atomic E-state index is 13.1. The molecule has 1 amide bonds. The van der Waals surface area contributed by atoms with Gasteiger partial charge in [-0.1, -0.05) is 29.5 Å². The fraction of sp³-hybridized carbons (Fsp3) is 0.261. The molecule has 0 aliphatic heterocycles. The molecule has 8 heteroatoms. The number of imidazole rings is 1. The van der Waals surface area contributed by atoms with Gasteiger partial charge in [-0.15, -0.1) is 0 Å². The average Bonchev–Trinajstić information content (AvgIpc) is 3.45. The van der Waals surface area contributed by atoms with Crippen molar-refractivity contribution in [1.29, 1.82) is 0 Å². The van der Waals surface area contributed by atoms with Gasteiger partial charge in [0.05, 0.1) is 23.2 Å². The molecule has 160 valence electrons. The third kappa shape index (κ3) is 5.40. The van der Waals surface area contributed by atoms with E-state index >= 15 is 0 Å². The van der Waals surface area contributed by atoms with Crippen molar-refractivity contribution < 1.29 is 14.3 Å². The normalized spacial score (nSPS) is 10.9. The van der Waals surface area contributed by atoms with Gasteiger partial charge in [-0.25, -0.2) is 9.97 Å². The molecule has 0 atom stereocenters. The Morgan fingerprint density at radius 2 is 2.00 bits per heavy atom. The number of amides is 1. The van der Waals surface area contributed by atoms with Crippen LogP contribution in [0.25, 0.3) is 10.2 Å². The van der Waals surface area contributed by atoms with Crippen molar-refractivity contribution in [3.8, 4) is 11.5 Å². The number of aromatic nitrogens is 3. The summed E-state index contributed by atoms with van der Waals surface area (Å²) in [6.45, 7) is 3.81. The van der Waals surface area contributed by atoms with Gasteiger partial charge in [-0.05, 0) is 43.7 Å². The second-order valence-electron chi connectivity index (χ2n) is 6.86. The lowest BCUT2D eigenvalue weighted by Crippen LogP contribution is -2.36. The maximum Gasteiger partial charge on any atom is 0.266 e. The van der Waals surface area contributed by atoms with E-state index in [1.165, 1.54) is 11.3 Å². The van der Waals surface area contributed by atoms with Gasteiger partial charge >= 0.3 is 0 Å². The van der Waals surface area contributed by atoms with Crippen LogP contribution in [-0.4, -0.2) is 40.2 Å². The third-order valence-electron chi connectivity index (χ3n) is 4.65. The fourth-order valence-corrected chi connectivity index (χ4v) is 4.20. The first kappa shape index (κ1) is 20.9. The summed E-state index contributed by atoms with van der Waals surface area (Å²) in [5.41, 5.74) is 0.847. The molecule has 0 spiro atoms. The summed E-state index contributed by atoms with van der Waals surface area (Å²) in [5, 5.41) is 0.663. The van der Waals surface area contributed by atoms with Crippen LogP contribution in [0.1, 0.15) is 13.3 Å². The first-order chi connectivity index (χ1) is 15.2. The van der Waals surface area contributed by atoms with Crippen LogP contribution in [0, 0.1) is 0 Å². The number of rotatable bonds is 10. The lowest BCUT2D eigenvalue weighted by Gasteiger charge is -2.20. The second-order valence-corrected chi connectivity index (χ2v) is 7.87. The van der Waals surface area contributed by atoms with E-state index in [1.54, 1.807) is 17.4 Å². The molecule has 2 aromatic carbocycles. The molecule has 31 heavy (non-hydrogen) atoms. The van der Waals surface area contributed by atoms with E-state index in [9.17, 15) is 4.79 Å². The predicted molar refractivity (Wildman–Crippen MR) is 122 cm³/mol. The van der Waals surface area contributed by atoms with Crippen LogP contribution in [0.3, 0.4) is 0 Å². The summed E-state index contributed by atoms with van der Waals surface area (Å²) in [4.78, 5) is 23.6. The minimum absolute atomic E-state index is 0.0464. The van der Waals surface area contributed by atoms with Crippen LogP contribution in [0.5, 0.6) is 11.5 Å². The molecule has 0 saturated heterocycles. The lowest BCUT2D eigenvalue weighted by molar-refractivity contribution is -0.120. The number of hydrogen-bond donors (Lipinski definition) is 0. The van der Waals surface area contributed by atoms with Crippen molar-refractivity contribution in [3.05, 3.63) is 67.3 Å². The molecule has 0 saturated carbocycles. The number of anilines is 1. The minimum Gasteiger partial charge on any atom is -0.494 e. The van der Waals surface area contributed by atoms with Crippen molar-refractivity contribution in [2.45, 2.75) is 19.9 Å². The number of carbonyl (C=O) groups excluding carboxylic acids is 1. The number of hydrogen-bond acceptors (Lipinski definition) is 6. The van der Waals surface area contributed by atoms with Gasteiger partial charge in [0.25, 0.3) is 5.91 Å². The Morgan fingerprint density at radius 3 is 2.77 bits per heavy atom. The summed E-state index contributed by atoms with van der Waals surface area (Å²) in [7, 11) is 0. The highest BCUT2D eigenvalue weighted by atomic mass is 32.1. The summed E-state index contributed by atoms with van der Waals surface area (Å²) in [6, 6.07) is 15.1. The van der Waals surface area contributed by atoms with E-state index in [4.69, 9.17) is 14.5 Å². The molecular formula is C23H24N4O3S. The number of ether oxygens (including phenoxy) is 2. The standard InChI is InChI=1S/C23H24N4O3S/c1-2-29-19-9-10-20-21(15-19)31-23(25-20)27(13-6-12-26-14-11-24-17-26)22(28)16-30-18-7-4-3-5-8-18/h3-5,7-11,14-15,17H,2,6,12-13,16H2,1H3. The Labute approximate surface area is 184 Å². The zero-order chi connectivity index (χ0) is 21.5. The van der Waals surface area contributed by atoms with Crippen LogP contribution in [0.4, 0.5) is 5.13 Å². The van der Waals surface area contributed by atoms with E-state index in [-0.39, 0.29) is 12.5 Å². The van der Waals surface area contributed by atoms with Crippen LogP contribution in [0.15, 0.2) is 67.3 Å². The Kier molecular flexibility index (Phi) is 6.78. The fourth-order valence-electron chi connectivity index (χ4n) is 3.16. The molecule has 2 aromatic heterocycles. The number of para-hydroxylation sites is 1. The summed E-state index contributed by atoms with van der Waals surface area (Å²) < 4.78 is 14.3. The Balaban J connectivity index is 1.51. The largest absolute Gasteiger partial charge is 0.494 e. The SMILES string of the molecule is CCOc1ccc2nc(N(CCCn3ccnc3)C(=O)COc3ccccc3)sc2c1. The minimum atomic E-state index is -0.126. The quantitative estimate of drug-likeness (QED) is 0.369. The topological polar surface area (TPSA) is 69.5 Å². The molecular weight excluding hydrogens is 412 g/mol. The number of fused-ring (bicyclic) bond motifs is 1. The highest BCUT2D eigenvalue weighted by Gasteiger charge is 2.20. The Hall–Kier alpha value is -3.39. The molecule has 0 unspecified atom stereocenters. The van der Waals surface area contributed by atoms with Crippen LogP contribution >= 0.6 is 11.3 Å². The number of aryl methyl sites for hydroxylation is 1. The van der Waals surface area contributed by atoms with Crippen LogP contribution < -0.4 is 14.4 Å².